The first kappa shape index (κ1) is 12.4. The van der Waals surface area contributed by atoms with Gasteiger partial charge in [0.2, 0.25) is 10.3 Å². The number of carbonyl (C=O) groups is 1. The molecule has 1 atom stereocenters. The van der Waals surface area contributed by atoms with E-state index in [9.17, 15) is 23.3 Å². The van der Waals surface area contributed by atoms with E-state index >= 15 is 0 Å². The van der Waals surface area contributed by atoms with Crippen molar-refractivity contribution in [1.82, 2.24) is 0 Å². The second kappa shape index (κ2) is 4.45. The maximum Gasteiger partial charge on any atom is 0.315 e. The summed E-state index contributed by atoms with van der Waals surface area (Å²) >= 11 is 5.47. The van der Waals surface area contributed by atoms with Crippen LogP contribution in [-0.4, -0.2) is 29.3 Å². The van der Waals surface area contributed by atoms with Crippen LogP contribution in [0.15, 0.2) is 22.9 Å². The molecule has 0 saturated carbocycles. The normalized spacial score (nSPS) is 19.8. The van der Waals surface area contributed by atoms with Crippen molar-refractivity contribution in [2.24, 2.45) is 5.92 Å². The molecule has 1 unspecified atom stereocenters. The van der Waals surface area contributed by atoms with Gasteiger partial charge in [0.05, 0.1) is 4.92 Å². The van der Waals surface area contributed by atoms with E-state index in [4.69, 9.17) is 16.7 Å². The lowest BCUT2D eigenvalue weighted by Gasteiger charge is -2.11. The van der Waals surface area contributed by atoms with Gasteiger partial charge in [0.15, 0.2) is 0 Å². The van der Waals surface area contributed by atoms with Gasteiger partial charge >= 0.3 is 5.97 Å². The topological polar surface area (TPSA) is 115 Å². The quantitative estimate of drug-likeness (QED) is 0.428. The monoisotopic (exact) mass is 265 g/mol. The van der Waals surface area contributed by atoms with Crippen LogP contribution in [0.25, 0.3) is 0 Å². The third-order valence-electron chi connectivity index (χ3n) is 1.81. The van der Waals surface area contributed by atoms with Crippen LogP contribution < -0.4 is 0 Å². The molecule has 0 aliphatic heterocycles. The number of aliphatic carboxylic acids is 1. The van der Waals surface area contributed by atoms with Gasteiger partial charge in [-0.05, 0) is 0 Å². The molecule has 16 heavy (non-hydrogen) atoms. The average Bonchev–Trinajstić information content (AvgIpc) is 2.15. The molecular weight excluding hydrogens is 262 g/mol. The molecule has 0 heterocycles. The molecule has 1 aliphatic rings. The average molecular weight is 266 g/mol. The van der Waals surface area contributed by atoms with E-state index in [1.807, 2.05) is 0 Å². The van der Waals surface area contributed by atoms with E-state index in [1.54, 1.807) is 0 Å². The molecule has 86 valence electrons. The molecule has 0 aromatic rings. The molecule has 0 fully saturated rings. The lowest BCUT2D eigenvalue weighted by molar-refractivity contribution is -0.419. The molecule has 0 aromatic heterocycles. The molecule has 1 rings (SSSR count). The highest BCUT2D eigenvalue weighted by Crippen LogP contribution is 2.24. The summed E-state index contributed by atoms with van der Waals surface area (Å²) in [4.78, 5) is 19.6. The van der Waals surface area contributed by atoms with E-state index in [1.165, 1.54) is 0 Å². The predicted molar refractivity (Wildman–Crippen MR) is 54.1 cm³/mol. The molecule has 0 aromatic carbocycles. The van der Waals surface area contributed by atoms with Gasteiger partial charge in [0, 0.05) is 6.08 Å². The Labute approximate surface area is 95.3 Å². The lowest BCUT2D eigenvalue weighted by atomic mass is 9.99. The van der Waals surface area contributed by atoms with Crippen molar-refractivity contribution in [3.8, 4) is 0 Å². The summed E-state index contributed by atoms with van der Waals surface area (Å²) < 4.78 is 21.5. The lowest BCUT2D eigenvalue weighted by Crippen LogP contribution is -2.27. The Kier molecular flexibility index (Phi) is 3.45. The van der Waals surface area contributed by atoms with E-state index in [0.717, 1.165) is 12.2 Å². The van der Waals surface area contributed by atoms with Crippen molar-refractivity contribution in [3.05, 3.63) is 33.0 Å². The molecule has 0 saturated heterocycles. The van der Waals surface area contributed by atoms with Crippen LogP contribution in [0, 0.1) is 16.0 Å². The van der Waals surface area contributed by atoms with Crippen molar-refractivity contribution in [2.45, 2.75) is 0 Å². The van der Waals surface area contributed by atoms with E-state index < -0.39 is 42.7 Å². The first-order valence-corrected chi connectivity index (χ1v) is 5.23. The Morgan fingerprint density at radius 3 is 2.50 bits per heavy atom. The van der Waals surface area contributed by atoms with Crippen molar-refractivity contribution >= 4 is 32.7 Å². The van der Waals surface area contributed by atoms with Gasteiger partial charge in [0.1, 0.15) is 15.8 Å². The van der Waals surface area contributed by atoms with Gasteiger partial charge in [-0.15, -0.1) is 0 Å². The summed E-state index contributed by atoms with van der Waals surface area (Å²) in [5, 5.41) is 18.5. The van der Waals surface area contributed by atoms with E-state index in [2.05, 4.69) is 0 Å². The molecule has 0 spiro atoms. The molecule has 0 radical (unpaired) electrons. The smallest absolute Gasteiger partial charge is 0.315 e. The van der Waals surface area contributed by atoms with Crippen LogP contribution in [0.2, 0.25) is 0 Å². The fourth-order valence-corrected chi connectivity index (χ4v) is 2.20. The van der Waals surface area contributed by atoms with Gasteiger partial charge < -0.3 is 5.11 Å². The Morgan fingerprint density at radius 1 is 1.56 bits per heavy atom. The predicted octanol–water partition coefficient (Wildman–Crippen LogP) is 0.0356. The number of carboxylic acids is 1. The van der Waals surface area contributed by atoms with Crippen LogP contribution in [0.5, 0.6) is 0 Å². The van der Waals surface area contributed by atoms with Gasteiger partial charge in [-0.25, -0.2) is 0 Å². The number of carboxylic acid groups (broad SMARTS) is 1. The Hall–Kier alpha value is -1.67. The van der Waals surface area contributed by atoms with Crippen LogP contribution in [0.3, 0.4) is 0 Å². The molecular formula is C7H4ClNO6S. The maximum atomic E-state index is 10.8. The molecule has 0 amide bonds. The minimum absolute atomic E-state index is 0.640. The van der Waals surface area contributed by atoms with Crippen LogP contribution in [0.1, 0.15) is 0 Å². The fraction of sp³-hybridized carbons (Fsp3) is 0.143. The number of hydrogen-bond acceptors (Lipinski definition) is 5. The second-order valence-electron chi connectivity index (χ2n) is 2.73. The second-order valence-corrected chi connectivity index (χ2v) is 4.02. The number of halogens is 1. The summed E-state index contributed by atoms with van der Waals surface area (Å²) in [5.41, 5.74) is -0.640. The summed E-state index contributed by atoms with van der Waals surface area (Å²) in [5.74, 6) is -2.94. The third kappa shape index (κ3) is 2.12. The minimum Gasteiger partial charge on any atom is -0.481 e. The highest BCUT2D eigenvalue weighted by molar-refractivity contribution is 7.73. The number of hydrogen-bond donors (Lipinski definition) is 1. The number of nitrogens with zero attached hydrogens (tertiary/aromatic N) is 1. The van der Waals surface area contributed by atoms with Crippen LogP contribution in [-0.2, 0) is 15.1 Å². The Morgan fingerprint density at radius 2 is 2.12 bits per heavy atom. The number of rotatable bonds is 2. The van der Waals surface area contributed by atoms with Gasteiger partial charge in [-0.2, -0.15) is 8.42 Å². The van der Waals surface area contributed by atoms with Crippen LogP contribution in [0.4, 0.5) is 0 Å². The fourth-order valence-electron chi connectivity index (χ4n) is 1.12. The molecule has 9 heteroatoms. The molecule has 1 N–H and O–H groups in total. The Balaban J connectivity index is 3.49. The standard InChI is InChI=1S/C7H4ClNO6S/c8-5-4(9(12)13)2-1-3(7(10)11)6(5)16(14)15/h1-3H,(H,10,11). The van der Waals surface area contributed by atoms with Crippen molar-refractivity contribution in [3.63, 3.8) is 0 Å². The zero-order chi connectivity index (χ0) is 12.5. The third-order valence-corrected chi connectivity index (χ3v) is 3.14. The zero-order valence-electron chi connectivity index (χ0n) is 7.45. The molecule has 0 bridgehead atoms. The van der Waals surface area contributed by atoms with Crippen molar-refractivity contribution in [2.75, 3.05) is 0 Å². The largest absolute Gasteiger partial charge is 0.481 e. The minimum atomic E-state index is -2.93. The highest BCUT2D eigenvalue weighted by atomic mass is 35.5. The summed E-state index contributed by atoms with van der Waals surface area (Å²) in [6, 6.07) is 0. The van der Waals surface area contributed by atoms with Gasteiger partial charge in [0.25, 0.3) is 5.70 Å². The molecule has 7 nitrogen and oxygen atoms in total. The Bertz CT molecular complexity index is 549. The van der Waals surface area contributed by atoms with Crippen LogP contribution >= 0.6 is 11.6 Å². The van der Waals surface area contributed by atoms with Crippen molar-refractivity contribution in [1.29, 1.82) is 0 Å². The van der Waals surface area contributed by atoms with Gasteiger partial charge in [-0.1, -0.05) is 17.7 Å². The summed E-state index contributed by atoms with van der Waals surface area (Å²) in [6.45, 7) is 0. The highest BCUT2D eigenvalue weighted by Gasteiger charge is 2.34. The summed E-state index contributed by atoms with van der Waals surface area (Å²) in [7, 11) is -2.93. The van der Waals surface area contributed by atoms with Crippen molar-refractivity contribution < 1.29 is 23.2 Å². The SMILES string of the molecule is O=C(O)C1C=CC([N+](=O)[O-])=C(Cl)C1=S(=O)=O. The first-order chi connectivity index (χ1) is 7.36. The number of nitro groups is 1. The van der Waals surface area contributed by atoms with Gasteiger partial charge in [-0.3, -0.25) is 14.9 Å². The van der Waals surface area contributed by atoms with E-state index in [0.29, 0.717) is 0 Å². The summed E-state index contributed by atoms with van der Waals surface area (Å²) in [6.07, 6.45) is 1.77. The maximum absolute atomic E-state index is 10.8. The molecule has 1 aliphatic carbocycles. The first-order valence-electron chi connectivity index (χ1n) is 3.78. The van der Waals surface area contributed by atoms with E-state index in [-0.39, 0.29) is 0 Å². The zero-order valence-corrected chi connectivity index (χ0v) is 9.03. The number of allylic oxidation sites excluding steroid dienone is 2.